The van der Waals surface area contributed by atoms with E-state index in [-0.39, 0.29) is 11.7 Å². The quantitative estimate of drug-likeness (QED) is 0.651. The maximum absolute atomic E-state index is 13.2. The Hall–Kier alpha value is -1.18. The van der Waals surface area contributed by atoms with Crippen LogP contribution in [0, 0.1) is 5.82 Å². The van der Waals surface area contributed by atoms with Gasteiger partial charge in [0.1, 0.15) is 12.1 Å². The topological polar surface area (TPSA) is 17.1 Å². The fourth-order valence-corrected chi connectivity index (χ4v) is 1.38. The molecule has 13 heavy (non-hydrogen) atoms. The van der Waals surface area contributed by atoms with Gasteiger partial charge in [0.15, 0.2) is 0 Å². The molecule has 0 amide bonds. The molecule has 2 heteroatoms. The van der Waals surface area contributed by atoms with Crippen molar-refractivity contribution in [2.24, 2.45) is 0 Å². The highest BCUT2D eigenvalue weighted by atomic mass is 19.1. The minimum atomic E-state index is -0.286. The fraction of sp³-hybridized carbons (Fsp3) is 0.364. The van der Waals surface area contributed by atoms with E-state index in [1.54, 1.807) is 18.2 Å². The molecule has 0 aliphatic rings. The van der Waals surface area contributed by atoms with Crippen molar-refractivity contribution in [3.05, 3.63) is 35.6 Å². The van der Waals surface area contributed by atoms with Gasteiger partial charge in [0.05, 0.1) is 0 Å². The van der Waals surface area contributed by atoms with Crippen molar-refractivity contribution in [3.63, 3.8) is 0 Å². The average Bonchev–Trinajstić information content (AvgIpc) is 2.16. The number of carbonyl (C=O) groups excluding carboxylic acids is 1. The standard InChI is InChI=1S/C11H13FO/c1-2-5-9(8-13)10-6-3-4-7-11(10)12/h3-4,6-9H,2,5H2,1H3. The normalized spacial score (nSPS) is 12.5. The molecule has 0 radical (unpaired) electrons. The molecule has 0 aromatic heterocycles. The van der Waals surface area contributed by atoms with E-state index in [1.807, 2.05) is 6.92 Å². The summed E-state index contributed by atoms with van der Waals surface area (Å²) in [5.41, 5.74) is 0.513. The molecular weight excluding hydrogens is 167 g/mol. The smallest absolute Gasteiger partial charge is 0.127 e. The van der Waals surface area contributed by atoms with Crippen LogP contribution in [-0.4, -0.2) is 6.29 Å². The van der Waals surface area contributed by atoms with Crippen molar-refractivity contribution in [2.45, 2.75) is 25.7 Å². The van der Waals surface area contributed by atoms with E-state index < -0.39 is 0 Å². The second-order valence-electron chi connectivity index (χ2n) is 3.05. The van der Waals surface area contributed by atoms with Crippen LogP contribution < -0.4 is 0 Å². The molecule has 0 bridgehead atoms. The summed E-state index contributed by atoms with van der Waals surface area (Å²) >= 11 is 0. The van der Waals surface area contributed by atoms with E-state index >= 15 is 0 Å². The van der Waals surface area contributed by atoms with Crippen molar-refractivity contribution in [3.8, 4) is 0 Å². The highest BCUT2D eigenvalue weighted by Gasteiger charge is 2.12. The van der Waals surface area contributed by atoms with Gasteiger partial charge in [0.25, 0.3) is 0 Å². The SMILES string of the molecule is CCCC(C=O)c1ccccc1F. The summed E-state index contributed by atoms with van der Waals surface area (Å²) in [6.45, 7) is 1.98. The van der Waals surface area contributed by atoms with Crippen molar-refractivity contribution < 1.29 is 9.18 Å². The van der Waals surface area contributed by atoms with Crippen LogP contribution in [-0.2, 0) is 4.79 Å². The van der Waals surface area contributed by atoms with Crippen molar-refractivity contribution in [1.29, 1.82) is 0 Å². The molecule has 1 aromatic rings. The zero-order valence-electron chi connectivity index (χ0n) is 7.66. The third-order valence-corrected chi connectivity index (χ3v) is 2.07. The molecule has 0 aliphatic heterocycles. The van der Waals surface area contributed by atoms with Gasteiger partial charge in [0, 0.05) is 5.92 Å². The lowest BCUT2D eigenvalue weighted by Crippen LogP contribution is -2.02. The maximum atomic E-state index is 13.2. The molecule has 0 heterocycles. The Morgan fingerprint density at radius 1 is 1.46 bits per heavy atom. The van der Waals surface area contributed by atoms with Gasteiger partial charge in [-0.15, -0.1) is 0 Å². The number of aldehydes is 1. The van der Waals surface area contributed by atoms with E-state index in [0.29, 0.717) is 12.0 Å². The summed E-state index contributed by atoms with van der Waals surface area (Å²) in [4.78, 5) is 10.7. The number of halogens is 1. The van der Waals surface area contributed by atoms with E-state index in [4.69, 9.17) is 0 Å². The Bertz CT molecular complexity index is 283. The lowest BCUT2D eigenvalue weighted by molar-refractivity contribution is -0.109. The van der Waals surface area contributed by atoms with Crippen molar-refractivity contribution in [2.75, 3.05) is 0 Å². The summed E-state index contributed by atoms with van der Waals surface area (Å²) in [5.74, 6) is -0.570. The summed E-state index contributed by atoms with van der Waals surface area (Å²) in [7, 11) is 0. The van der Waals surface area contributed by atoms with E-state index in [1.165, 1.54) is 6.07 Å². The molecule has 1 nitrogen and oxygen atoms in total. The molecule has 1 unspecified atom stereocenters. The molecule has 0 aliphatic carbocycles. The third-order valence-electron chi connectivity index (χ3n) is 2.07. The third kappa shape index (κ3) is 2.38. The monoisotopic (exact) mass is 180 g/mol. The minimum absolute atomic E-state index is 0.284. The van der Waals surface area contributed by atoms with Crippen LogP contribution in [0.3, 0.4) is 0 Å². The van der Waals surface area contributed by atoms with Gasteiger partial charge in [-0.3, -0.25) is 0 Å². The van der Waals surface area contributed by atoms with Gasteiger partial charge in [-0.1, -0.05) is 31.5 Å². The summed E-state index contributed by atoms with van der Waals surface area (Å²) in [6.07, 6.45) is 2.42. The Morgan fingerprint density at radius 2 is 2.15 bits per heavy atom. The molecular formula is C11H13FO. The predicted octanol–water partition coefficient (Wildman–Crippen LogP) is 2.91. The van der Waals surface area contributed by atoms with E-state index in [0.717, 1.165) is 12.7 Å². The van der Waals surface area contributed by atoms with E-state index in [2.05, 4.69) is 0 Å². The van der Waals surface area contributed by atoms with Crippen LogP contribution in [0.15, 0.2) is 24.3 Å². The maximum Gasteiger partial charge on any atom is 0.127 e. The van der Waals surface area contributed by atoms with Crippen molar-refractivity contribution >= 4 is 6.29 Å². The van der Waals surface area contributed by atoms with Gasteiger partial charge in [-0.2, -0.15) is 0 Å². The number of hydrogen-bond acceptors (Lipinski definition) is 1. The Balaban J connectivity index is 2.90. The van der Waals surface area contributed by atoms with Crippen LogP contribution in [0.2, 0.25) is 0 Å². The highest BCUT2D eigenvalue weighted by Crippen LogP contribution is 2.21. The number of carbonyl (C=O) groups is 1. The summed E-state index contributed by atoms with van der Waals surface area (Å²) < 4.78 is 13.2. The van der Waals surface area contributed by atoms with E-state index in [9.17, 15) is 9.18 Å². The molecule has 1 aromatic carbocycles. The van der Waals surface area contributed by atoms with Crippen molar-refractivity contribution in [1.82, 2.24) is 0 Å². The number of hydrogen-bond donors (Lipinski definition) is 0. The van der Waals surface area contributed by atoms with Crippen LogP contribution in [0.25, 0.3) is 0 Å². The van der Waals surface area contributed by atoms with Gasteiger partial charge in [0.2, 0.25) is 0 Å². The first-order valence-electron chi connectivity index (χ1n) is 4.49. The summed E-state index contributed by atoms with van der Waals surface area (Å²) in [6, 6.07) is 6.45. The molecule has 0 saturated heterocycles. The summed E-state index contributed by atoms with van der Waals surface area (Å²) in [5, 5.41) is 0. The Labute approximate surface area is 77.6 Å². The second-order valence-corrected chi connectivity index (χ2v) is 3.05. The van der Waals surface area contributed by atoms with Crippen LogP contribution in [0.4, 0.5) is 4.39 Å². The Kier molecular flexibility index (Phi) is 3.62. The Morgan fingerprint density at radius 3 is 2.69 bits per heavy atom. The van der Waals surface area contributed by atoms with Crippen LogP contribution in [0.5, 0.6) is 0 Å². The second kappa shape index (κ2) is 4.75. The molecule has 1 atom stereocenters. The largest absolute Gasteiger partial charge is 0.303 e. The predicted molar refractivity (Wildman–Crippen MR) is 50.1 cm³/mol. The first kappa shape index (κ1) is 9.90. The zero-order chi connectivity index (χ0) is 9.68. The average molecular weight is 180 g/mol. The lowest BCUT2D eigenvalue weighted by atomic mass is 9.96. The van der Waals surface area contributed by atoms with Gasteiger partial charge in [-0.25, -0.2) is 4.39 Å². The molecule has 0 saturated carbocycles. The van der Waals surface area contributed by atoms with Crippen LogP contribution >= 0.6 is 0 Å². The highest BCUT2D eigenvalue weighted by molar-refractivity contribution is 5.62. The minimum Gasteiger partial charge on any atom is -0.303 e. The molecule has 0 N–H and O–H groups in total. The first-order chi connectivity index (χ1) is 6.29. The van der Waals surface area contributed by atoms with Crippen LogP contribution in [0.1, 0.15) is 31.2 Å². The van der Waals surface area contributed by atoms with Gasteiger partial charge >= 0.3 is 0 Å². The molecule has 0 fully saturated rings. The first-order valence-corrected chi connectivity index (χ1v) is 4.49. The zero-order valence-corrected chi connectivity index (χ0v) is 7.66. The molecule has 70 valence electrons. The van der Waals surface area contributed by atoms with Gasteiger partial charge < -0.3 is 4.79 Å². The number of rotatable bonds is 4. The van der Waals surface area contributed by atoms with Gasteiger partial charge in [-0.05, 0) is 18.1 Å². The fourth-order valence-electron chi connectivity index (χ4n) is 1.38. The molecule has 0 spiro atoms. The molecule has 1 rings (SSSR count). The number of benzene rings is 1. The lowest BCUT2D eigenvalue weighted by Gasteiger charge is -2.09.